The van der Waals surface area contributed by atoms with Gasteiger partial charge in [-0.2, -0.15) is 0 Å². The summed E-state index contributed by atoms with van der Waals surface area (Å²) in [5, 5.41) is 0.646. The SMILES string of the molecule is CCOc1cccc2c1c(C(=O)C(N)=O)c(C)n2C. The van der Waals surface area contributed by atoms with Crippen molar-refractivity contribution in [2.75, 3.05) is 6.61 Å². The minimum Gasteiger partial charge on any atom is -0.493 e. The van der Waals surface area contributed by atoms with E-state index in [0.29, 0.717) is 29.0 Å². The molecule has 2 N–H and O–H groups in total. The quantitative estimate of drug-likeness (QED) is 0.669. The molecule has 0 aliphatic carbocycles. The molecule has 2 rings (SSSR count). The maximum atomic E-state index is 12.0. The number of amides is 1. The van der Waals surface area contributed by atoms with Crippen LogP contribution in [0.3, 0.4) is 0 Å². The summed E-state index contributed by atoms with van der Waals surface area (Å²) in [6.45, 7) is 4.13. The number of hydrogen-bond acceptors (Lipinski definition) is 3. The number of nitrogens with two attached hydrogens (primary N) is 1. The molecule has 0 bridgehead atoms. The van der Waals surface area contributed by atoms with Crippen LogP contribution in [-0.2, 0) is 11.8 Å². The smallest absolute Gasteiger partial charge is 0.289 e. The predicted molar refractivity (Wildman–Crippen MR) is 72.3 cm³/mol. The number of aromatic nitrogens is 1. The Kier molecular flexibility index (Phi) is 3.29. The highest BCUT2D eigenvalue weighted by Crippen LogP contribution is 2.33. The Balaban J connectivity index is 2.85. The number of carbonyl (C=O) groups excluding carboxylic acids is 2. The number of aryl methyl sites for hydroxylation is 1. The van der Waals surface area contributed by atoms with Crippen molar-refractivity contribution >= 4 is 22.6 Å². The van der Waals surface area contributed by atoms with E-state index in [-0.39, 0.29) is 0 Å². The average Bonchev–Trinajstić information content (AvgIpc) is 2.63. The van der Waals surface area contributed by atoms with Crippen LogP contribution in [0.1, 0.15) is 23.0 Å². The summed E-state index contributed by atoms with van der Waals surface area (Å²) in [6.07, 6.45) is 0. The fourth-order valence-corrected chi connectivity index (χ4v) is 2.26. The Hall–Kier alpha value is -2.30. The maximum Gasteiger partial charge on any atom is 0.289 e. The molecule has 0 saturated heterocycles. The van der Waals surface area contributed by atoms with Crippen LogP contribution in [0, 0.1) is 6.92 Å². The fourth-order valence-electron chi connectivity index (χ4n) is 2.26. The van der Waals surface area contributed by atoms with E-state index >= 15 is 0 Å². The van der Waals surface area contributed by atoms with Crippen LogP contribution in [0.15, 0.2) is 18.2 Å². The minimum absolute atomic E-state index is 0.328. The molecule has 0 radical (unpaired) electrons. The zero-order chi connectivity index (χ0) is 14.2. The van der Waals surface area contributed by atoms with Crippen molar-refractivity contribution in [1.82, 2.24) is 4.57 Å². The molecule has 0 spiro atoms. The lowest BCUT2D eigenvalue weighted by molar-refractivity contribution is -0.114. The van der Waals surface area contributed by atoms with Gasteiger partial charge in [0.05, 0.1) is 23.1 Å². The lowest BCUT2D eigenvalue weighted by Gasteiger charge is -2.06. The normalized spacial score (nSPS) is 10.7. The molecule has 1 aromatic carbocycles. The van der Waals surface area contributed by atoms with Gasteiger partial charge in [-0.1, -0.05) is 6.07 Å². The molecule has 5 heteroatoms. The second-order valence-corrected chi connectivity index (χ2v) is 4.30. The summed E-state index contributed by atoms with van der Waals surface area (Å²) >= 11 is 0. The molecule has 100 valence electrons. The van der Waals surface area contributed by atoms with E-state index in [4.69, 9.17) is 10.5 Å². The van der Waals surface area contributed by atoms with Gasteiger partial charge in [0, 0.05) is 12.7 Å². The summed E-state index contributed by atoms with van der Waals surface area (Å²) in [7, 11) is 1.84. The van der Waals surface area contributed by atoms with Gasteiger partial charge in [0.25, 0.3) is 11.7 Å². The van der Waals surface area contributed by atoms with Gasteiger partial charge >= 0.3 is 0 Å². The summed E-state index contributed by atoms with van der Waals surface area (Å²) < 4.78 is 7.40. The maximum absolute atomic E-state index is 12.0. The lowest BCUT2D eigenvalue weighted by Crippen LogP contribution is -2.23. The lowest BCUT2D eigenvalue weighted by atomic mass is 10.1. The molecule has 1 aromatic heterocycles. The number of benzene rings is 1. The number of ether oxygens (including phenoxy) is 1. The van der Waals surface area contributed by atoms with Gasteiger partial charge < -0.3 is 15.0 Å². The summed E-state index contributed by atoms with van der Waals surface area (Å²) in [6, 6.07) is 5.51. The molecule has 19 heavy (non-hydrogen) atoms. The largest absolute Gasteiger partial charge is 0.493 e. The third-order valence-corrected chi connectivity index (χ3v) is 3.23. The van der Waals surface area contributed by atoms with Gasteiger partial charge in [0.1, 0.15) is 5.75 Å². The second-order valence-electron chi connectivity index (χ2n) is 4.30. The van der Waals surface area contributed by atoms with Crippen molar-refractivity contribution in [2.45, 2.75) is 13.8 Å². The Bertz CT molecular complexity index is 671. The molecular formula is C14H16N2O3. The zero-order valence-corrected chi connectivity index (χ0v) is 11.2. The van der Waals surface area contributed by atoms with Crippen LogP contribution in [0.2, 0.25) is 0 Å². The summed E-state index contributed by atoms with van der Waals surface area (Å²) in [5.74, 6) is -1.05. The molecule has 0 unspecified atom stereocenters. The molecular weight excluding hydrogens is 244 g/mol. The standard InChI is InChI=1S/C14H16N2O3/c1-4-19-10-7-5-6-9-12(10)11(8(2)16(9)3)13(17)14(15)18/h5-7H,4H2,1-3H3,(H2,15,18). The molecule has 0 aliphatic heterocycles. The Morgan fingerprint density at radius 1 is 1.37 bits per heavy atom. The number of rotatable bonds is 4. The highest BCUT2D eigenvalue weighted by Gasteiger charge is 2.24. The molecule has 0 aliphatic rings. The zero-order valence-electron chi connectivity index (χ0n) is 11.2. The first-order valence-electron chi connectivity index (χ1n) is 6.04. The molecule has 0 saturated carbocycles. The van der Waals surface area contributed by atoms with E-state index in [1.807, 2.05) is 30.7 Å². The molecule has 0 fully saturated rings. The number of nitrogens with zero attached hydrogens (tertiary/aromatic N) is 1. The molecule has 1 amide bonds. The van der Waals surface area contributed by atoms with Gasteiger partial charge in [0.15, 0.2) is 0 Å². The van der Waals surface area contributed by atoms with E-state index in [0.717, 1.165) is 5.52 Å². The number of fused-ring (bicyclic) bond motifs is 1. The minimum atomic E-state index is -0.957. The molecule has 5 nitrogen and oxygen atoms in total. The van der Waals surface area contributed by atoms with Crippen LogP contribution in [0.25, 0.3) is 10.9 Å². The Morgan fingerprint density at radius 2 is 2.05 bits per heavy atom. The third-order valence-electron chi connectivity index (χ3n) is 3.23. The number of ketones is 1. The third kappa shape index (κ3) is 1.97. The average molecular weight is 260 g/mol. The van der Waals surface area contributed by atoms with Crippen molar-refractivity contribution in [2.24, 2.45) is 12.8 Å². The Morgan fingerprint density at radius 3 is 2.63 bits per heavy atom. The predicted octanol–water partition coefficient (Wildman–Crippen LogP) is 1.55. The first-order valence-corrected chi connectivity index (χ1v) is 6.04. The van der Waals surface area contributed by atoms with E-state index in [1.165, 1.54) is 0 Å². The van der Waals surface area contributed by atoms with Crippen molar-refractivity contribution < 1.29 is 14.3 Å². The molecule has 2 aromatic rings. The number of Topliss-reactive ketones (excluding diaryl/α,β-unsaturated/α-hetero) is 1. The summed E-state index contributed by atoms with van der Waals surface area (Å²) in [5.41, 5.74) is 6.99. The number of carbonyl (C=O) groups is 2. The van der Waals surface area contributed by atoms with E-state index in [2.05, 4.69) is 0 Å². The second kappa shape index (κ2) is 4.76. The monoisotopic (exact) mass is 260 g/mol. The highest BCUT2D eigenvalue weighted by atomic mass is 16.5. The van der Waals surface area contributed by atoms with Crippen LogP contribution in [0.5, 0.6) is 5.75 Å². The summed E-state index contributed by atoms with van der Waals surface area (Å²) in [4.78, 5) is 23.2. The van der Waals surface area contributed by atoms with Crippen molar-refractivity contribution in [3.05, 3.63) is 29.5 Å². The van der Waals surface area contributed by atoms with Crippen molar-refractivity contribution in [3.63, 3.8) is 0 Å². The van der Waals surface area contributed by atoms with Gasteiger partial charge in [-0.15, -0.1) is 0 Å². The van der Waals surface area contributed by atoms with Crippen molar-refractivity contribution in [1.29, 1.82) is 0 Å². The van der Waals surface area contributed by atoms with E-state index in [1.54, 1.807) is 13.0 Å². The van der Waals surface area contributed by atoms with Crippen LogP contribution >= 0.6 is 0 Å². The van der Waals surface area contributed by atoms with E-state index < -0.39 is 11.7 Å². The van der Waals surface area contributed by atoms with Gasteiger partial charge in [-0.05, 0) is 26.0 Å². The molecule has 0 atom stereocenters. The fraction of sp³-hybridized carbons (Fsp3) is 0.286. The van der Waals surface area contributed by atoms with Gasteiger partial charge in [-0.25, -0.2) is 0 Å². The number of primary amides is 1. The van der Waals surface area contributed by atoms with Gasteiger partial charge in [0.2, 0.25) is 0 Å². The number of hydrogen-bond donors (Lipinski definition) is 1. The van der Waals surface area contributed by atoms with Crippen LogP contribution < -0.4 is 10.5 Å². The topological polar surface area (TPSA) is 74.3 Å². The van der Waals surface area contributed by atoms with Crippen LogP contribution in [0.4, 0.5) is 0 Å². The highest BCUT2D eigenvalue weighted by molar-refractivity contribution is 6.45. The molecule has 1 heterocycles. The first-order chi connectivity index (χ1) is 8.99. The van der Waals surface area contributed by atoms with Crippen LogP contribution in [-0.4, -0.2) is 22.9 Å². The Labute approximate surface area is 110 Å². The first kappa shape index (κ1) is 13.1. The van der Waals surface area contributed by atoms with Gasteiger partial charge in [-0.3, -0.25) is 9.59 Å². The van der Waals surface area contributed by atoms with Crippen molar-refractivity contribution in [3.8, 4) is 5.75 Å². The van der Waals surface area contributed by atoms with E-state index in [9.17, 15) is 9.59 Å².